The van der Waals surface area contributed by atoms with Crippen LogP contribution in [0, 0.1) is 0 Å². The van der Waals surface area contributed by atoms with Crippen LogP contribution in [0.4, 0.5) is 0 Å². The van der Waals surface area contributed by atoms with E-state index in [1.807, 2.05) is 44.2 Å². The molecule has 1 aromatic rings. The minimum Gasteiger partial charge on any atom is -0.480 e. The number of benzene rings is 1. The summed E-state index contributed by atoms with van der Waals surface area (Å²) in [6.45, 7) is 4.27. The Morgan fingerprint density at radius 1 is 1.24 bits per heavy atom. The number of carbonyl (C=O) groups is 2. The average molecular weight is 293 g/mol. The summed E-state index contributed by atoms with van der Waals surface area (Å²) in [6, 6.07) is 9.74. The quantitative estimate of drug-likeness (QED) is 0.795. The van der Waals surface area contributed by atoms with Crippen LogP contribution < -0.4 is 0 Å². The van der Waals surface area contributed by atoms with Gasteiger partial charge in [0, 0.05) is 20.1 Å². The Bertz CT molecular complexity index is 470. The lowest BCUT2D eigenvalue weighted by molar-refractivity contribution is -0.145. The maximum atomic E-state index is 12.4. The molecule has 0 aromatic heterocycles. The third-order valence-electron chi connectivity index (χ3n) is 3.39. The monoisotopic (exact) mass is 293 g/mol. The van der Waals surface area contributed by atoms with Crippen molar-refractivity contribution in [1.82, 2.24) is 4.90 Å². The van der Waals surface area contributed by atoms with E-state index in [1.54, 1.807) is 0 Å². The predicted molar refractivity (Wildman–Crippen MR) is 80.2 cm³/mol. The topological polar surface area (TPSA) is 66.8 Å². The van der Waals surface area contributed by atoms with E-state index in [1.165, 1.54) is 12.0 Å². The predicted octanol–water partition coefficient (Wildman–Crippen LogP) is 1.91. The second-order valence-electron chi connectivity index (χ2n) is 5.63. The van der Waals surface area contributed by atoms with E-state index >= 15 is 0 Å². The first-order chi connectivity index (χ1) is 9.86. The molecule has 0 aliphatic rings. The minimum atomic E-state index is -1.02. The fraction of sp³-hybridized carbons (Fsp3) is 0.500. The fourth-order valence-electron chi connectivity index (χ4n) is 2.14. The highest BCUT2D eigenvalue weighted by Gasteiger charge is 2.27. The standard InChI is InChI=1S/C16H23NO4/c1-16(2,13-7-5-4-6-8-13)11-14(18)17(9-10-21-3)12-15(19)20/h4-8H,9-12H2,1-3H3,(H,19,20). The summed E-state index contributed by atoms with van der Waals surface area (Å²) in [4.78, 5) is 24.6. The Balaban J connectivity index is 2.77. The number of carbonyl (C=O) groups excluding carboxylic acids is 1. The van der Waals surface area contributed by atoms with Gasteiger partial charge in [0.15, 0.2) is 0 Å². The molecular formula is C16H23NO4. The van der Waals surface area contributed by atoms with Gasteiger partial charge < -0.3 is 14.7 Å². The summed E-state index contributed by atoms with van der Waals surface area (Å²) in [7, 11) is 1.53. The first kappa shape index (κ1) is 17.2. The number of hydrogen-bond donors (Lipinski definition) is 1. The summed E-state index contributed by atoms with van der Waals surface area (Å²) >= 11 is 0. The van der Waals surface area contributed by atoms with Crippen LogP contribution in [-0.4, -0.2) is 48.7 Å². The molecule has 1 N–H and O–H groups in total. The van der Waals surface area contributed by atoms with Gasteiger partial charge in [-0.05, 0) is 11.0 Å². The number of methoxy groups -OCH3 is 1. The smallest absolute Gasteiger partial charge is 0.323 e. The Kier molecular flexibility index (Phi) is 6.37. The fourth-order valence-corrected chi connectivity index (χ4v) is 2.14. The van der Waals surface area contributed by atoms with Crippen LogP contribution in [0.5, 0.6) is 0 Å². The van der Waals surface area contributed by atoms with Crippen molar-refractivity contribution in [2.75, 3.05) is 26.8 Å². The summed E-state index contributed by atoms with van der Waals surface area (Å²) in [5.41, 5.74) is 0.711. The van der Waals surface area contributed by atoms with Crippen molar-refractivity contribution in [1.29, 1.82) is 0 Å². The summed E-state index contributed by atoms with van der Waals surface area (Å²) < 4.78 is 4.93. The highest BCUT2D eigenvalue weighted by atomic mass is 16.5. The Morgan fingerprint density at radius 2 is 1.86 bits per heavy atom. The molecule has 1 aromatic carbocycles. The zero-order chi connectivity index (χ0) is 15.9. The number of carboxylic acids is 1. The molecule has 0 saturated heterocycles. The number of ether oxygens (including phenoxy) is 1. The molecule has 1 amide bonds. The molecule has 0 bridgehead atoms. The van der Waals surface area contributed by atoms with Crippen molar-refractivity contribution in [3.63, 3.8) is 0 Å². The highest BCUT2D eigenvalue weighted by Crippen LogP contribution is 2.27. The van der Waals surface area contributed by atoms with Gasteiger partial charge in [0.25, 0.3) is 0 Å². The molecule has 5 heteroatoms. The molecule has 0 fully saturated rings. The molecule has 0 atom stereocenters. The molecule has 0 unspecified atom stereocenters. The lowest BCUT2D eigenvalue weighted by atomic mass is 9.81. The number of hydrogen-bond acceptors (Lipinski definition) is 3. The van der Waals surface area contributed by atoms with Crippen molar-refractivity contribution >= 4 is 11.9 Å². The van der Waals surface area contributed by atoms with E-state index in [4.69, 9.17) is 9.84 Å². The average Bonchev–Trinajstić information content (AvgIpc) is 2.43. The molecule has 0 aliphatic heterocycles. The zero-order valence-electron chi connectivity index (χ0n) is 12.8. The number of nitrogens with zero attached hydrogens (tertiary/aromatic N) is 1. The van der Waals surface area contributed by atoms with E-state index in [0.29, 0.717) is 6.61 Å². The van der Waals surface area contributed by atoms with Crippen molar-refractivity contribution in [2.24, 2.45) is 0 Å². The van der Waals surface area contributed by atoms with Gasteiger partial charge in [0.05, 0.1) is 6.61 Å². The molecule has 0 aliphatic carbocycles. The first-order valence-electron chi connectivity index (χ1n) is 6.91. The molecule has 5 nitrogen and oxygen atoms in total. The van der Waals surface area contributed by atoms with Gasteiger partial charge >= 0.3 is 5.97 Å². The van der Waals surface area contributed by atoms with Crippen LogP contribution in [0.3, 0.4) is 0 Å². The molecular weight excluding hydrogens is 270 g/mol. The molecule has 116 valence electrons. The number of amides is 1. The Labute approximate surface area is 125 Å². The first-order valence-corrected chi connectivity index (χ1v) is 6.91. The van der Waals surface area contributed by atoms with Crippen molar-refractivity contribution in [3.05, 3.63) is 35.9 Å². The maximum Gasteiger partial charge on any atom is 0.323 e. The molecule has 21 heavy (non-hydrogen) atoms. The Hall–Kier alpha value is -1.88. The number of aliphatic carboxylic acids is 1. The summed E-state index contributed by atoms with van der Waals surface area (Å²) in [6.07, 6.45) is 0.258. The SMILES string of the molecule is COCCN(CC(=O)O)C(=O)CC(C)(C)c1ccccc1. The summed E-state index contributed by atoms with van der Waals surface area (Å²) in [5, 5.41) is 8.91. The molecule has 0 radical (unpaired) electrons. The molecule has 0 spiro atoms. The van der Waals surface area contributed by atoms with Crippen LogP contribution in [0.25, 0.3) is 0 Å². The third kappa shape index (κ3) is 5.55. The minimum absolute atomic E-state index is 0.177. The molecule has 1 rings (SSSR count). The third-order valence-corrected chi connectivity index (χ3v) is 3.39. The number of carboxylic acid groups (broad SMARTS) is 1. The van der Waals surface area contributed by atoms with Gasteiger partial charge in [-0.15, -0.1) is 0 Å². The van der Waals surface area contributed by atoms with Crippen molar-refractivity contribution in [2.45, 2.75) is 25.7 Å². The second kappa shape index (κ2) is 7.78. The van der Waals surface area contributed by atoms with Crippen molar-refractivity contribution in [3.8, 4) is 0 Å². The summed E-state index contributed by atoms with van der Waals surface area (Å²) in [5.74, 6) is -1.19. The van der Waals surface area contributed by atoms with E-state index in [9.17, 15) is 9.59 Å². The largest absolute Gasteiger partial charge is 0.480 e. The van der Waals surface area contributed by atoms with Crippen LogP contribution in [0.2, 0.25) is 0 Å². The van der Waals surface area contributed by atoms with Crippen LogP contribution in [-0.2, 0) is 19.7 Å². The van der Waals surface area contributed by atoms with E-state index in [2.05, 4.69) is 0 Å². The van der Waals surface area contributed by atoms with Gasteiger partial charge in [-0.1, -0.05) is 44.2 Å². The van der Waals surface area contributed by atoms with Gasteiger partial charge in [0.2, 0.25) is 5.91 Å². The Morgan fingerprint density at radius 3 is 2.38 bits per heavy atom. The van der Waals surface area contributed by atoms with Gasteiger partial charge in [-0.25, -0.2) is 0 Å². The van der Waals surface area contributed by atoms with Crippen LogP contribution in [0.15, 0.2) is 30.3 Å². The van der Waals surface area contributed by atoms with Gasteiger partial charge in [-0.2, -0.15) is 0 Å². The second-order valence-corrected chi connectivity index (χ2v) is 5.63. The maximum absolute atomic E-state index is 12.4. The molecule has 0 heterocycles. The number of rotatable bonds is 8. The van der Waals surface area contributed by atoms with E-state index < -0.39 is 5.97 Å². The van der Waals surface area contributed by atoms with Gasteiger partial charge in [-0.3, -0.25) is 9.59 Å². The van der Waals surface area contributed by atoms with Gasteiger partial charge in [0.1, 0.15) is 6.54 Å². The zero-order valence-corrected chi connectivity index (χ0v) is 12.8. The van der Waals surface area contributed by atoms with Crippen LogP contribution in [0.1, 0.15) is 25.8 Å². The van der Waals surface area contributed by atoms with E-state index in [-0.39, 0.29) is 30.8 Å². The van der Waals surface area contributed by atoms with Crippen LogP contribution >= 0.6 is 0 Å². The normalized spacial score (nSPS) is 11.2. The highest BCUT2D eigenvalue weighted by molar-refractivity contribution is 5.82. The molecule has 0 saturated carbocycles. The van der Waals surface area contributed by atoms with Crippen molar-refractivity contribution < 1.29 is 19.4 Å². The lowest BCUT2D eigenvalue weighted by Gasteiger charge is -2.28. The van der Waals surface area contributed by atoms with E-state index in [0.717, 1.165) is 5.56 Å². The lowest BCUT2D eigenvalue weighted by Crippen LogP contribution is -2.40.